The van der Waals surface area contributed by atoms with Crippen molar-refractivity contribution in [1.29, 1.82) is 0 Å². The van der Waals surface area contributed by atoms with E-state index in [1.807, 2.05) is 0 Å². The minimum absolute atomic E-state index is 0.0373. The maximum Gasteiger partial charge on any atom is 0.365 e. The normalized spacial score (nSPS) is 10.8. The molecule has 7 nitrogen and oxygen atoms in total. The molecule has 0 aliphatic rings. The second-order valence-electron chi connectivity index (χ2n) is 3.87. The molecule has 0 aliphatic carbocycles. The van der Waals surface area contributed by atoms with Crippen LogP contribution in [-0.4, -0.2) is 25.2 Å². The number of tetrazole rings is 1. The molecule has 0 aliphatic heterocycles. The zero-order valence-corrected chi connectivity index (χ0v) is 10.6. The van der Waals surface area contributed by atoms with Crippen molar-refractivity contribution < 1.29 is 4.39 Å². The number of benzene rings is 1. The minimum Gasteiger partial charge on any atom is -0.312 e. The van der Waals surface area contributed by atoms with Gasteiger partial charge in [0.05, 0.1) is 10.2 Å². The summed E-state index contributed by atoms with van der Waals surface area (Å²) in [6, 6.07) is 1.16. The van der Waals surface area contributed by atoms with Crippen LogP contribution >= 0.6 is 11.3 Å². The van der Waals surface area contributed by atoms with Gasteiger partial charge in [0.25, 0.3) is 0 Å². The molecule has 3 rings (SSSR count). The van der Waals surface area contributed by atoms with Gasteiger partial charge in [0.2, 0.25) is 0 Å². The summed E-state index contributed by atoms with van der Waals surface area (Å²) in [6.45, 7) is 0. The number of rotatable bonds is 2. The molecule has 0 spiro atoms. The molecule has 0 bridgehead atoms. The van der Waals surface area contributed by atoms with Crippen LogP contribution in [0.3, 0.4) is 0 Å². The van der Waals surface area contributed by atoms with Crippen LogP contribution in [0.2, 0.25) is 0 Å². The predicted octanol–water partition coefficient (Wildman–Crippen LogP) is 0.173. The fourth-order valence-electron chi connectivity index (χ4n) is 1.96. The SMILES string of the molecule is C#CCc1c(-n2nn[nH]c2=O)c(F)cc2sc(=O)[nH]c12. The van der Waals surface area contributed by atoms with Crippen LogP contribution in [0.15, 0.2) is 15.7 Å². The predicted molar refractivity (Wildman–Crippen MR) is 70.5 cm³/mol. The van der Waals surface area contributed by atoms with Crippen LogP contribution < -0.4 is 10.6 Å². The number of fused-ring (bicyclic) bond motifs is 1. The standard InChI is InChI=1S/C11H6FN5O2S/c1-2-3-5-8-7(20-11(19)13-8)4-6(12)9(5)17-10(18)14-15-16-17/h1,4H,3H2,(H,13,19)(H,14,16,18). The van der Waals surface area contributed by atoms with E-state index in [0.717, 1.165) is 22.1 Å². The summed E-state index contributed by atoms with van der Waals surface area (Å²) in [5, 5.41) is 8.89. The van der Waals surface area contributed by atoms with E-state index in [9.17, 15) is 14.0 Å². The molecular weight excluding hydrogens is 285 g/mol. The summed E-state index contributed by atoms with van der Waals surface area (Å²) >= 11 is 0.866. The number of halogens is 1. The first-order valence-corrected chi connectivity index (χ1v) is 6.22. The van der Waals surface area contributed by atoms with Gasteiger partial charge in [-0.3, -0.25) is 4.79 Å². The molecule has 0 atom stereocenters. The van der Waals surface area contributed by atoms with Gasteiger partial charge in [0.1, 0.15) is 5.69 Å². The Morgan fingerprint density at radius 1 is 1.50 bits per heavy atom. The van der Waals surface area contributed by atoms with Gasteiger partial charge in [0.15, 0.2) is 5.82 Å². The van der Waals surface area contributed by atoms with Gasteiger partial charge >= 0.3 is 10.6 Å². The Morgan fingerprint density at radius 2 is 2.30 bits per heavy atom. The Kier molecular flexibility index (Phi) is 2.73. The summed E-state index contributed by atoms with van der Waals surface area (Å²) in [5.74, 6) is 1.68. The monoisotopic (exact) mass is 291 g/mol. The number of hydrogen-bond donors (Lipinski definition) is 2. The molecule has 9 heteroatoms. The van der Waals surface area contributed by atoms with Gasteiger partial charge in [-0.25, -0.2) is 14.3 Å². The summed E-state index contributed by atoms with van der Waals surface area (Å²) in [7, 11) is 0. The first-order chi connectivity index (χ1) is 9.61. The average Bonchev–Trinajstić information content (AvgIpc) is 2.95. The van der Waals surface area contributed by atoms with Crippen molar-refractivity contribution in [2.75, 3.05) is 0 Å². The molecule has 2 heterocycles. The molecule has 0 saturated heterocycles. The topological polar surface area (TPSA) is 96.4 Å². The van der Waals surface area contributed by atoms with Crippen molar-refractivity contribution in [3.8, 4) is 18.0 Å². The fourth-order valence-corrected chi connectivity index (χ4v) is 2.75. The first-order valence-electron chi connectivity index (χ1n) is 5.40. The van der Waals surface area contributed by atoms with E-state index in [2.05, 4.69) is 26.4 Å². The van der Waals surface area contributed by atoms with E-state index in [0.29, 0.717) is 15.8 Å². The third kappa shape index (κ3) is 1.74. The molecule has 3 aromatic rings. The Labute approximate surface area is 114 Å². The van der Waals surface area contributed by atoms with E-state index >= 15 is 0 Å². The van der Waals surface area contributed by atoms with E-state index in [1.165, 1.54) is 0 Å². The van der Waals surface area contributed by atoms with Crippen LogP contribution in [0.4, 0.5) is 4.39 Å². The molecule has 0 unspecified atom stereocenters. The highest BCUT2D eigenvalue weighted by atomic mass is 32.1. The zero-order valence-electron chi connectivity index (χ0n) is 9.81. The molecule has 0 fully saturated rings. The molecule has 1 aromatic carbocycles. The van der Waals surface area contributed by atoms with Crippen molar-refractivity contribution in [3.05, 3.63) is 37.6 Å². The Morgan fingerprint density at radius 3 is 2.95 bits per heavy atom. The second kappa shape index (κ2) is 4.43. The maximum absolute atomic E-state index is 14.2. The Hall–Kier alpha value is -2.73. The summed E-state index contributed by atoms with van der Waals surface area (Å²) in [4.78, 5) is 25.2. The quantitative estimate of drug-likeness (QED) is 0.658. The lowest BCUT2D eigenvalue weighted by Gasteiger charge is -2.08. The molecule has 2 N–H and O–H groups in total. The van der Waals surface area contributed by atoms with Crippen LogP contribution in [0, 0.1) is 18.2 Å². The van der Waals surface area contributed by atoms with Crippen LogP contribution in [0.1, 0.15) is 5.56 Å². The Balaban J connectivity index is 2.47. The van der Waals surface area contributed by atoms with Crippen LogP contribution in [0.5, 0.6) is 0 Å². The van der Waals surface area contributed by atoms with Crippen molar-refractivity contribution in [1.82, 2.24) is 25.2 Å². The average molecular weight is 291 g/mol. The number of aromatic nitrogens is 5. The van der Waals surface area contributed by atoms with E-state index < -0.39 is 11.5 Å². The molecular formula is C11H6FN5O2S. The van der Waals surface area contributed by atoms with Crippen molar-refractivity contribution in [2.24, 2.45) is 0 Å². The van der Waals surface area contributed by atoms with Gasteiger partial charge < -0.3 is 4.98 Å². The highest BCUT2D eigenvalue weighted by Crippen LogP contribution is 2.27. The lowest BCUT2D eigenvalue weighted by Crippen LogP contribution is -2.19. The van der Waals surface area contributed by atoms with Gasteiger partial charge in [-0.05, 0) is 16.5 Å². The van der Waals surface area contributed by atoms with Crippen LogP contribution in [0.25, 0.3) is 15.9 Å². The number of terminal acetylenes is 1. The summed E-state index contributed by atoms with van der Waals surface area (Å²) in [5.41, 5.74) is -0.0801. The zero-order chi connectivity index (χ0) is 14.3. The number of H-pyrrole nitrogens is 2. The van der Waals surface area contributed by atoms with E-state index in [-0.39, 0.29) is 17.0 Å². The molecule has 20 heavy (non-hydrogen) atoms. The number of thiazole rings is 1. The summed E-state index contributed by atoms with van der Waals surface area (Å²) < 4.78 is 15.4. The molecule has 2 aromatic heterocycles. The maximum atomic E-state index is 14.2. The van der Waals surface area contributed by atoms with Gasteiger partial charge in [-0.1, -0.05) is 11.3 Å². The molecule has 0 saturated carbocycles. The molecule has 0 amide bonds. The Bertz CT molecular complexity index is 958. The number of nitrogens with one attached hydrogen (secondary N) is 2. The fraction of sp³-hybridized carbons (Fsp3) is 0.0909. The molecule has 0 radical (unpaired) electrons. The van der Waals surface area contributed by atoms with Crippen molar-refractivity contribution >= 4 is 21.6 Å². The minimum atomic E-state index is -0.700. The first kappa shape index (κ1) is 12.3. The number of nitrogens with zero attached hydrogens (tertiary/aromatic N) is 3. The third-order valence-electron chi connectivity index (χ3n) is 2.71. The summed E-state index contributed by atoms with van der Waals surface area (Å²) in [6.07, 6.45) is 5.31. The highest BCUT2D eigenvalue weighted by molar-refractivity contribution is 7.16. The van der Waals surface area contributed by atoms with Gasteiger partial charge in [-0.2, -0.15) is 4.68 Å². The van der Waals surface area contributed by atoms with E-state index in [1.54, 1.807) is 0 Å². The second-order valence-corrected chi connectivity index (χ2v) is 4.89. The largest absolute Gasteiger partial charge is 0.365 e. The smallest absolute Gasteiger partial charge is 0.312 e. The number of hydrogen-bond acceptors (Lipinski definition) is 5. The lowest BCUT2D eigenvalue weighted by molar-refractivity contribution is 0.604. The van der Waals surface area contributed by atoms with Gasteiger partial charge in [-0.15, -0.1) is 12.3 Å². The van der Waals surface area contributed by atoms with Crippen LogP contribution in [-0.2, 0) is 6.42 Å². The van der Waals surface area contributed by atoms with E-state index in [4.69, 9.17) is 6.42 Å². The third-order valence-corrected chi connectivity index (χ3v) is 3.54. The van der Waals surface area contributed by atoms with Crippen molar-refractivity contribution in [2.45, 2.75) is 6.42 Å². The molecule has 100 valence electrons. The lowest BCUT2D eigenvalue weighted by atomic mass is 10.1. The number of aromatic amines is 2. The van der Waals surface area contributed by atoms with Gasteiger partial charge in [0, 0.05) is 12.0 Å². The van der Waals surface area contributed by atoms with Crippen molar-refractivity contribution in [3.63, 3.8) is 0 Å². The highest BCUT2D eigenvalue weighted by Gasteiger charge is 2.19.